The number of hydrogen-bond acceptors (Lipinski definition) is 5. The maximum atomic E-state index is 12.2. The van der Waals surface area contributed by atoms with Gasteiger partial charge in [-0.15, -0.1) is 0 Å². The molecule has 1 aromatic heterocycles. The first-order valence-electron chi connectivity index (χ1n) is 8.20. The standard InChI is InChI=1S/C16H25N5O/c1-4-20-9-10-21(11-14(20)22)15-12-7-5-6-8-13(12)17-16(18-15)19(2)3/h4-11H2,1-3H3. The molecule has 6 heteroatoms. The molecule has 0 aromatic carbocycles. The van der Waals surface area contributed by atoms with Crippen molar-refractivity contribution in [2.75, 3.05) is 50.1 Å². The quantitative estimate of drug-likeness (QED) is 0.837. The Labute approximate surface area is 132 Å². The normalized spacial score (nSPS) is 18.4. The number of fused-ring (bicyclic) bond motifs is 1. The van der Waals surface area contributed by atoms with Crippen molar-refractivity contribution in [2.45, 2.75) is 32.6 Å². The zero-order chi connectivity index (χ0) is 15.7. The fourth-order valence-corrected chi connectivity index (χ4v) is 3.25. The van der Waals surface area contributed by atoms with Crippen LogP contribution in [0.2, 0.25) is 0 Å². The summed E-state index contributed by atoms with van der Waals surface area (Å²) < 4.78 is 0. The molecule has 0 N–H and O–H groups in total. The van der Waals surface area contributed by atoms with E-state index in [-0.39, 0.29) is 5.91 Å². The molecule has 1 saturated heterocycles. The molecule has 0 bridgehead atoms. The van der Waals surface area contributed by atoms with Crippen molar-refractivity contribution in [3.63, 3.8) is 0 Å². The highest BCUT2D eigenvalue weighted by atomic mass is 16.2. The lowest BCUT2D eigenvalue weighted by atomic mass is 9.96. The Bertz CT molecular complexity index is 572. The van der Waals surface area contributed by atoms with Crippen molar-refractivity contribution in [1.82, 2.24) is 14.9 Å². The van der Waals surface area contributed by atoms with Gasteiger partial charge in [0.2, 0.25) is 11.9 Å². The van der Waals surface area contributed by atoms with Gasteiger partial charge < -0.3 is 14.7 Å². The van der Waals surface area contributed by atoms with Crippen molar-refractivity contribution in [2.24, 2.45) is 0 Å². The molecule has 2 aliphatic rings. The van der Waals surface area contributed by atoms with E-state index in [9.17, 15) is 4.79 Å². The summed E-state index contributed by atoms with van der Waals surface area (Å²) in [7, 11) is 3.93. The van der Waals surface area contributed by atoms with E-state index in [0.717, 1.165) is 44.2 Å². The summed E-state index contributed by atoms with van der Waals surface area (Å²) >= 11 is 0. The first-order chi connectivity index (χ1) is 10.6. The molecule has 3 rings (SSSR count). The van der Waals surface area contributed by atoms with Crippen LogP contribution in [0.3, 0.4) is 0 Å². The number of carbonyl (C=O) groups is 1. The molecule has 120 valence electrons. The highest BCUT2D eigenvalue weighted by molar-refractivity contribution is 5.82. The largest absolute Gasteiger partial charge is 0.347 e. The molecule has 0 saturated carbocycles. The van der Waals surface area contributed by atoms with Gasteiger partial charge in [0.1, 0.15) is 5.82 Å². The van der Waals surface area contributed by atoms with Crippen molar-refractivity contribution in [3.8, 4) is 0 Å². The Morgan fingerprint density at radius 2 is 1.91 bits per heavy atom. The number of hydrogen-bond donors (Lipinski definition) is 0. The fourth-order valence-electron chi connectivity index (χ4n) is 3.25. The molecule has 22 heavy (non-hydrogen) atoms. The van der Waals surface area contributed by atoms with Crippen LogP contribution < -0.4 is 9.80 Å². The lowest BCUT2D eigenvalue weighted by molar-refractivity contribution is -0.130. The van der Waals surface area contributed by atoms with E-state index in [4.69, 9.17) is 9.97 Å². The Morgan fingerprint density at radius 3 is 2.59 bits per heavy atom. The number of aromatic nitrogens is 2. The second-order valence-electron chi connectivity index (χ2n) is 6.27. The Kier molecular flexibility index (Phi) is 4.18. The molecular weight excluding hydrogens is 278 g/mol. The number of aryl methyl sites for hydroxylation is 1. The van der Waals surface area contributed by atoms with Gasteiger partial charge >= 0.3 is 0 Å². The number of nitrogens with zero attached hydrogens (tertiary/aromatic N) is 5. The monoisotopic (exact) mass is 303 g/mol. The van der Waals surface area contributed by atoms with Gasteiger partial charge in [0.05, 0.1) is 12.2 Å². The van der Waals surface area contributed by atoms with Crippen LogP contribution in [0.15, 0.2) is 0 Å². The zero-order valence-electron chi connectivity index (χ0n) is 13.8. The molecule has 1 aliphatic carbocycles. The SMILES string of the molecule is CCN1CCN(c2nc(N(C)C)nc3c2CCCC3)CC1=O. The van der Waals surface area contributed by atoms with E-state index in [2.05, 4.69) is 4.90 Å². The number of amides is 1. The van der Waals surface area contributed by atoms with Gasteiger partial charge in [-0.05, 0) is 32.6 Å². The topological polar surface area (TPSA) is 52.6 Å². The third kappa shape index (κ3) is 2.74. The van der Waals surface area contributed by atoms with Crippen molar-refractivity contribution in [3.05, 3.63) is 11.3 Å². The van der Waals surface area contributed by atoms with E-state index in [0.29, 0.717) is 6.54 Å². The molecule has 1 aliphatic heterocycles. The molecule has 6 nitrogen and oxygen atoms in total. The molecule has 1 aromatic rings. The fraction of sp³-hybridized carbons (Fsp3) is 0.688. The van der Waals surface area contributed by atoms with Crippen molar-refractivity contribution >= 4 is 17.7 Å². The summed E-state index contributed by atoms with van der Waals surface area (Å²) in [5.41, 5.74) is 2.43. The first kappa shape index (κ1) is 15.1. The molecule has 1 amide bonds. The third-order valence-corrected chi connectivity index (χ3v) is 4.55. The predicted octanol–water partition coefficient (Wildman–Crippen LogP) is 1.09. The summed E-state index contributed by atoms with van der Waals surface area (Å²) in [6.07, 6.45) is 4.43. The summed E-state index contributed by atoms with van der Waals surface area (Å²) in [6, 6.07) is 0. The Hall–Kier alpha value is -1.85. The molecule has 0 radical (unpaired) electrons. The molecule has 0 atom stereocenters. The van der Waals surface area contributed by atoms with Gasteiger partial charge in [0.15, 0.2) is 0 Å². The molecular formula is C16H25N5O. The minimum Gasteiger partial charge on any atom is -0.347 e. The van der Waals surface area contributed by atoms with E-state index >= 15 is 0 Å². The van der Waals surface area contributed by atoms with E-state index in [1.165, 1.54) is 24.1 Å². The average Bonchev–Trinajstić information content (AvgIpc) is 2.53. The lowest BCUT2D eigenvalue weighted by Gasteiger charge is -2.36. The van der Waals surface area contributed by atoms with Crippen molar-refractivity contribution < 1.29 is 4.79 Å². The highest BCUT2D eigenvalue weighted by Crippen LogP contribution is 2.30. The summed E-state index contributed by atoms with van der Waals surface area (Å²) in [4.78, 5) is 27.7. The van der Waals surface area contributed by atoms with Gasteiger partial charge in [-0.25, -0.2) is 4.98 Å². The van der Waals surface area contributed by atoms with Crippen molar-refractivity contribution in [1.29, 1.82) is 0 Å². The summed E-state index contributed by atoms with van der Waals surface area (Å²) in [5, 5.41) is 0. The second-order valence-corrected chi connectivity index (χ2v) is 6.27. The third-order valence-electron chi connectivity index (χ3n) is 4.55. The molecule has 0 unspecified atom stereocenters. The van der Waals surface area contributed by atoms with Crippen LogP contribution >= 0.6 is 0 Å². The van der Waals surface area contributed by atoms with Gasteiger partial charge in [-0.1, -0.05) is 0 Å². The number of carbonyl (C=O) groups excluding carboxylic acids is 1. The average molecular weight is 303 g/mol. The minimum absolute atomic E-state index is 0.198. The Morgan fingerprint density at radius 1 is 1.14 bits per heavy atom. The van der Waals surface area contributed by atoms with Crippen LogP contribution in [0, 0.1) is 0 Å². The van der Waals surface area contributed by atoms with Gasteiger partial charge in [-0.3, -0.25) is 4.79 Å². The van der Waals surface area contributed by atoms with Gasteiger partial charge in [0.25, 0.3) is 0 Å². The maximum absolute atomic E-state index is 12.2. The van der Waals surface area contributed by atoms with Crippen LogP contribution in [0.25, 0.3) is 0 Å². The summed E-state index contributed by atoms with van der Waals surface area (Å²) in [5.74, 6) is 1.93. The van der Waals surface area contributed by atoms with Crippen LogP contribution in [0.1, 0.15) is 31.0 Å². The van der Waals surface area contributed by atoms with E-state index in [1.807, 2.05) is 30.8 Å². The minimum atomic E-state index is 0.198. The maximum Gasteiger partial charge on any atom is 0.242 e. The zero-order valence-corrected chi connectivity index (χ0v) is 13.8. The number of piperazine rings is 1. The number of rotatable bonds is 3. The van der Waals surface area contributed by atoms with Crippen LogP contribution in [-0.2, 0) is 17.6 Å². The molecule has 1 fully saturated rings. The van der Waals surface area contributed by atoms with Crippen LogP contribution in [0.4, 0.5) is 11.8 Å². The smallest absolute Gasteiger partial charge is 0.242 e. The van der Waals surface area contributed by atoms with Crippen LogP contribution in [0.5, 0.6) is 0 Å². The van der Waals surface area contributed by atoms with E-state index < -0.39 is 0 Å². The van der Waals surface area contributed by atoms with Gasteiger partial charge in [0, 0.05) is 39.3 Å². The highest BCUT2D eigenvalue weighted by Gasteiger charge is 2.28. The lowest BCUT2D eigenvalue weighted by Crippen LogP contribution is -2.50. The Balaban J connectivity index is 1.95. The molecule has 0 spiro atoms. The van der Waals surface area contributed by atoms with Gasteiger partial charge in [-0.2, -0.15) is 4.98 Å². The first-order valence-corrected chi connectivity index (χ1v) is 8.20. The molecule has 2 heterocycles. The number of anilines is 2. The summed E-state index contributed by atoms with van der Waals surface area (Å²) in [6.45, 7) is 4.90. The number of likely N-dealkylation sites (N-methyl/N-ethyl adjacent to an activating group) is 1. The second kappa shape index (κ2) is 6.10. The predicted molar refractivity (Wildman–Crippen MR) is 87.5 cm³/mol. The van der Waals surface area contributed by atoms with E-state index in [1.54, 1.807) is 0 Å². The van der Waals surface area contributed by atoms with Crippen LogP contribution in [-0.4, -0.2) is 61.0 Å².